The maximum atomic E-state index is 11.3. The van der Waals surface area contributed by atoms with Gasteiger partial charge in [0.25, 0.3) is 0 Å². The normalized spacial score (nSPS) is 16.5. The molecule has 1 aliphatic rings. The van der Waals surface area contributed by atoms with Crippen molar-refractivity contribution in [3.8, 4) is 0 Å². The van der Waals surface area contributed by atoms with Gasteiger partial charge in [0.1, 0.15) is 0 Å². The number of carbonyl (C=O) groups is 3. The third kappa shape index (κ3) is 3.23. The van der Waals surface area contributed by atoms with Gasteiger partial charge in [-0.3, -0.25) is 9.59 Å². The summed E-state index contributed by atoms with van der Waals surface area (Å²) in [5.41, 5.74) is 0. The van der Waals surface area contributed by atoms with Crippen molar-refractivity contribution in [3.63, 3.8) is 0 Å². The first-order chi connectivity index (χ1) is 7.15. The summed E-state index contributed by atoms with van der Waals surface area (Å²) in [5, 5.41) is 2.40. The molecule has 1 rings (SSSR count). The van der Waals surface area contributed by atoms with Gasteiger partial charge in [0, 0.05) is 19.4 Å². The Bertz CT molecular complexity index is 261. The molecule has 1 fully saturated rings. The Morgan fingerprint density at radius 1 is 1.40 bits per heavy atom. The smallest absolute Gasteiger partial charge is 0.408 e. The second-order valence-electron chi connectivity index (χ2n) is 3.16. The van der Waals surface area contributed by atoms with Crippen molar-refractivity contribution in [2.45, 2.75) is 26.2 Å². The number of piperidine rings is 1. The molecule has 0 aromatic rings. The minimum atomic E-state index is -0.622. The van der Waals surface area contributed by atoms with Crippen molar-refractivity contribution in [2.75, 3.05) is 13.3 Å². The van der Waals surface area contributed by atoms with Gasteiger partial charge < -0.3 is 10.1 Å². The number of hydrogen-bond acceptors (Lipinski definition) is 4. The van der Waals surface area contributed by atoms with Crippen molar-refractivity contribution in [1.82, 2.24) is 10.2 Å². The first kappa shape index (κ1) is 11.5. The van der Waals surface area contributed by atoms with Crippen molar-refractivity contribution in [2.24, 2.45) is 0 Å². The summed E-state index contributed by atoms with van der Waals surface area (Å²) in [4.78, 5) is 34.4. The Hall–Kier alpha value is -1.59. The van der Waals surface area contributed by atoms with E-state index in [2.05, 4.69) is 5.32 Å². The Morgan fingerprint density at radius 2 is 2.00 bits per heavy atom. The molecule has 0 aromatic heterocycles. The maximum Gasteiger partial charge on any atom is 0.408 e. The number of amides is 3. The Morgan fingerprint density at radius 3 is 2.53 bits per heavy atom. The number of nitrogens with zero attached hydrogens (tertiary/aromatic N) is 1. The Kier molecular flexibility index (Phi) is 4.08. The standard InChI is InChI=1S/C9H14N2O4/c1-2-10-9(14)15-6-11-7(12)4-3-5-8(11)13/h2-6H2,1H3,(H,10,14). The number of alkyl carbamates (subject to hydrolysis) is 1. The summed E-state index contributed by atoms with van der Waals surface area (Å²) in [5.74, 6) is -0.564. The lowest BCUT2D eigenvalue weighted by Crippen LogP contribution is -2.43. The fourth-order valence-electron chi connectivity index (χ4n) is 1.26. The van der Waals surface area contributed by atoms with Crippen LogP contribution in [0.5, 0.6) is 0 Å². The van der Waals surface area contributed by atoms with Gasteiger partial charge in [-0.15, -0.1) is 0 Å². The third-order valence-corrected chi connectivity index (χ3v) is 2.03. The number of carbonyl (C=O) groups excluding carboxylic acids is 3. The molecule has 15 heavy (non-hydrogen) atoms. The fraction of sp³-hybridized carbons (Fsp3) is 0.667. The quantitative estimate of drug-likeness (QED) is 0.682. The maximum absolute atomic E-state index is 11.3. The molecule has 0 saturated carbocycles. The number of ether oxygens (including phenoxy) is 1. The zero-order valence-electron chi connectivity index (χ0n) is 8.62. The van der Waals surface area contributed by atoms with E-state index in [9.17, 15) is 14.4 Å². The molecule has 84 valence electrons. The van der Waals surface area contributed by atoms with Gasteiger partial charge in [-0.05, 0) is 13.3 Å². The largest absolute Gasteiger partial charge is 0.428 e. The van der Waals surface area contributed by atoms with E-state index in [1.165, 1.54) is 0 Å². The van der Waals surface area contributed by atoms with E-state index in [0.29, 0.717) is 25.8 Å². The average Bonchev–Trinajstić information content (AvgIpc) is 2.17. The highest BCUT2D eigenvalue weighted by Crippen LogP contribution is 2.11. The monoisotopic (exact) mass is 214 g/mol. The van der Waals surface area contributed by atoms with E-state index >= 15 is 0 Å². The van der Waals surface area contributed by atoms with Crippen LogP contribution in [0.3, 0.4) is 0 Å². The molecule has 1 saturated heterocycles. The van der Waals surface area contributed by atoms with Gasteiger partial charge in [-0.2, -0.15) is 0 Å². The number of nitrogens with one attached hydrogen (secondary N) is 1. The van der Waals surface area contributed by atoms with Gasteiger partial charge in [-0.1, -0.05) is 0 Å². The second-order valence-corrected chi connectivity index (χ2v) is 3.16. The van der Waals surface area contributed by atoms with Crippen molar-refractivity contribution in [1.29, 1.82) is 0 Å². The SMILES string of the molecule is CCNC(=O)OCN1C(=O)CCCC1=O. The van der Waals surface area contributed by atoms with Crippen molar-refractivity contribution < 1.29 is 19.1 Å². The average molecular weight is 214 g/mol. The summed E-state index contributed by atoms with van der Waals surface area (Å²) in [6.45, 7) is 1.91. The molecule has 0 aliphatic carbocycles. The molecule has 1 aliphatic heterocycles. The van der Waals surface area contributed by atoms with Crippen LogP contribution >= 0.6 is 0 Å². The van der Waals surface area contributed by atoms with E-state index in [4.69, 9.17) is 4.74 Å². The first-order valence-electron chi connectivity index (χ1n) is 4.89. The van der Waals surface area contributed by atoms with E-state index in [1.807, 2.05) is 0 Å². The minimum absolute atomic E-state index is 0.282. The molecule has 0 bridgehead atoms. The van der Waals surface area contributed by atoms with Crippen LogP contribution in [-0.4, -0.2) is 36.1 Å². The molecule has 6 nitrogen and oxygen atoms in total. The molecule has 6 heteroatoms. The fourth-order valence-corrected chi connectivity index (χ4v) is 1.26. The lowest BCUT2D eigenvalue weighted by atomic mass is 10.1. The minimum Gasteiger partial charge on any atom is -0.428 e. The van der Waals surface area contributed by atoms with Gasteiger partial charge >= 0.3 is 6.09 Å². The van der Waals surface area contributed by atoms with E-state index in [0.717, 1.165) is 4.90 Å². The van der Waals surface area contributed by atoms with Crippen LogP contribution in [0.15, 0.2) is 0 Å². The molecule has 1 N–H and O–H groups in total. The van der Waals surface area contributed by atoms with E-state index in [1.54, 1.807) is 6.92 Å². The van der Waals surface area contributed by atoms with Gasteiger partial charge in [0.15, 0.2) is 6.73 Å². The molecule has 0 unspecified atom stereocenters. The number of likely N-dealkylation sites (tertiary alicyclic amines) is 1. The summed E-state index contributed by atoms with van der Waals surface area (Å²) < 4.78 is 4.70. The third-order valence-electron chi connectivity index (χ3n) is 2.03. The molecule has 0 radical (unpaired) electrons. The summed E-state index contributed by atoms with van der Waals surface area (Å²) in [7, 11) is 0. The zero-order valence-corrected chi connectivity index (χ0v) is 8.62. The molecule has 0 aromatic carbocycles. The molecular weight excluding hydrogens is 200 g/mol. The molecule has 0 spiro atoms. The van der Waals surface area contributed by atoms with Gasteiger partial charge in [-0.25, -0.2) is 9.69 Å². The lowest BCUT2D eigenvalue weighted by molar-refractivity contribution is -0.152. The zero-order chi connectivity index (χ0) is 11.3. The lowest BCUT2D eigenvalue weighted by Gasteiger charge is -2.23. The van der Waals surface area contributed by atoms with E-state index < -0.39 is 6.09 Å². The first-order valence-corrected chi connectivity index (χ1v) is 4.89. The van der Waals surface area contributed by atoms with Crippen LogP contribution in [0.2, 0.25) is 0 Å². The van der Waals surface area contributed by atoms with Crippen LogP contribution in [0.25, 0.3) is 0 Å². The number of hydrogen-bond donors (Lipinski definition) is 1. The summed E-state index contributed by atoms with van der Waals surface area (Å²) in [6.07, 6.45) is 0.633. The van der Waals surface area contributed by atoms with Crippen molar-refractivity contribution >= 4 is 17.9 Å². The van der Waals surface area contributed by atoms with Crippen LogP contribution in [0.4, 0.5) is 4.79 Å². The summed E-state index contributed by atoms with van der Waals surface area (Å²) >= 11 is 0. The molecule has 1 heterocycles. The second kappa shape index (κ2) is 5.33. The van der Waals surface area contributed by atoms with Crippen LogP contribution in [0.1, 0.15) is 26.2 Å². The highest BCUT2D eigenvalue weighted by Gasteiger charge is 2.26. The molecule has 0 atom stereocenters. The Labute approximate surface area is 87.6 Å². The van der Waals surface area contributed by atoms with Crippen LogP contribution in [-0.2, 0) is 14.3 Å². The predicted octanol–water partition coefficient (Wildman–Crippen LogP) is 0.229. The summed E-state index contributed by atoms with van der Waals surface area (Å²) in [6, 6.07) is 0. The van der Waals surface area contributed by atoms with Crippen LogP contribution in [0, 0.1) is 0 Å². The number of imide groups is 1. The highest BCUT2D eigenvalue weighted by atomic mass is 16.6. The predicted molar refractivity (Wildman–Crippen MR) is 50.7 cm³/mol. The molecule has 3 amide bonds. The van der Waals surface area contributed by atoms with E-state index in [-0.39, 0.29) is 18.5 Å². The number of rotatable bonds is 3. The van der Waals surface area contributed by atoms with Gasteiger partial charge in [0.2, 0.25) is 11.8 Å². The highest BCUT2D eigenvalue weighted by molar-refractivity contribution is 5.97. The van der Waals surface area contributed by atoms with Gasteiger partial charge in [0.05, 0.1) is 0 Å². The Balaban J connectivity index is 2.39. The van der Waals surface area contributed by atoms with Crippen molar-refractivity contribution in [3.05, 3.63) is 0 Å². The molecular formula is C9H14N2O4. The van der Waals surface area contributed by atoms with Crippen LogP contribution < -0.4 is 5.32 Å². The topological polar surface area (TPSA) is 75.7 Å².